The van der Waals surface area contributed by atoms with Crippen LogP contribution in [0.5, 0.6) is 0 Å². The Morgan fingerprint density at radius 3 is 2.81 bits per heavy atom. The Kier molecular flexibility index (Phi) is 2.64. The molecule has 0 atom stereocenters. The number of halogens is 1. The zero-order valence-corrected chi connectivity index (χ0v) is 10.3. The third kappa shape index (κ3) is 1.68. The molecular weight excluding hydrogens is 226 g/mol. The summed E-state index contributed by atoms with van der Waals surface area (Å²) >= 11 is 5.80. The Balaban J connectivity index is 2.75. The lowest BCUT2D eigenvalue weighted by Crippen LogP contribution is -2.29. The largest absolute Gasteiger partial charge is 0.394 e. The van der Waals surface area contributed by atoms with Crippen LogP contribution in [-0.4, -0.2) is 26.2 Å². The number of aliphatic hydroxyl groups excluding tert-OH is 1. The summed E-state index contributed by atoms with van der Waals surface area (Å²) in [5.41, 5.74) is 1.44. The van der Waals surface area contributed by atoms with Crippen molar-refractivity contribution in [3.05, 3.63) is 23.2 Å². The van der Waals surface area contributed by atoms with E-state index in [1.807, 2.05) is 31.5 Å². The van der Waals surface area contributed by atoms with Crippen LogP contribution in [0.25, 0.3) is 11.0 Å². The molecule has 4 nitrogen and oxygen atoms in total. The first-order chi connectivity index (χ1) is 7.45. The van der Waals surface area contributed by atoms with E-state index >= 15 is 0 Å². The van der Waals surface area contributed by atoms with E-state index in [1.54, 1.807) is 6.20 Å². The van der Waals surface area contributed by atoms with Gasteiger partial charge in [-0.2, -0.15) is 4.98 Å². The minimum atomic E-state index is -0.399. The molecule has 0 aliphatic heterocycles. The molecule has 2 aromatic heterocycles. The standard InChI is InChI=1S/C11H14ClN3O/c1-7-5-15(11(2,3)6-16)9-8(7)4-13-10(12)14-9/h4-5,16H,6H2,1-3H3. The number of rotatable bonds is 2. The van der Waals surface area contributed by atoms with Gasteiger partial charge in [-0.3, -0.25) is 0 Å². The van der Waals surface area contributed by atoms with E-state index in [1.165, 1.54) is 0 Å². The first kappa shape index (κ1) is 11.4. The summed E-state index contributed by atoms with van der Waals surface area (Å²) in [6.07, 6.45) is 3.68. The molecule has 0 spiro atoms. The van der Waals surface area contributed by atoms with Crippen LogP contribution >= 0.6 is 11.6 Å². The molecule has 0 aromatic carbocycles. The van der Waals surface area contributed by atoms with Crippen molar-refractivity contribution in [3.8, 4) is 0 Å². The highest BCUT2D eigenvalue weighted by atomic mass is 35.5. The third-order valence-corrected chi connectivity index (χ3v) is 2.94. The lowest BCUT2D eigenvalue weighted by molar-refractivity contribution is 0.168. The predicted octanol–water partition coefficient (Wildman–Crippen LogP) is 2.12. The van der Waals surface area contributed by atoms with Gasteiger partial charge in [0, 0.05) is 17.8 Å². The maximum absolute atomic E-state index is 9.39. The Morgan fingerprint density at radius 1 is 1.50 bits per heavy atom. The summed E-state index contributed by atoms with van der Waals surface area (Å²) in [6.45, 7) is 5.92. The Morgan fingerprint density at radius 2 is 2.19 bits per heavy atom. The minimum absolute atomic E-state index is 0.0395. The first-order valence-corrected chi connectivity index (χ1v) is 5.45. The van der Waals surface area contributed by atoms with Crippen LogP contribution in [0.3, 0.4) is 0 Å². The van der Waals surface area contributed by atoms with E-state index in [2.05, 4.69) is 9.97 Å². The number of hydrogen-bond donors (Lipinski definition) is 1. The fourth-order valence-electron chi connectivity index (χ4n) is 1.68. The van der Waals surface area contributed by atoms with Crippen molar-refractivity contribution in [1.82, 2.24) is 14.5 Å². The van der Waals surface area contributed by atoms with Gasteiger partial charge in [-0.25, -0.2) is 4.98 Å². The van der Waals surface area contributed by atoms with E-state index < -0.39 is 5.54 Å². The van der Waals surface area contributed by atoms with Crippen molar-refractivity contribution >= 4 is 22.6 Å². The van der Waals surface area contributed by atoms with Gasteiger partial charge in [0.15, 0.2) is 0 Å². The monoisotopic (exact) mass is 239 g/mol. The van der Waals surface area contributed by atoms with E-state index in [-0.39, 0.29) is 11.9 Å². The lowest BCUT2D eigenvalue weighted by atomic mass is 10.1. The molecule has 0 amide bonds. The zero-order chi connectivity index (χ0) is 11.9. The van der Waals surface area contributed by atoms with Crippen LogP contribution in [0.15, 0.2) is 12.4 Å². The summed E-state index contributed by atoms with van der Waals surface area (Å²) in [5.74, 6) is 0. The number of hydrogen-bond acceptors (Lipinski definition) is 3. The van der Waals surface area contributed by atoms with Crippen molar-refractivity contribution in [2.75, 3.05) is 6.61 Å². The highest BCUT2D eigenvalue weighted by Gasteiger charge is 2.22. The second-order valence-electron chi connectivity index (χ2n) is 4.53. The highest BCUT2D eigenvalue weighted by Crippen LogP contribution is 2.26. The second kappa shape index (κ2) is 3.71. The van der Waals surface area contributed by atoms with Crippen molar-refractivity contribution in [1.29, 1.82) is 0 Å². The van der Waals surface area contributed by atoms with Crippen LogP contribution in [0, 0.1) is 6.92 Å². The quantitative estimate of drug-likeness (QED) is 0.817. The average Bonchev–Trinajstić information content (AvgIpc) is 2.56. The topological polar surface area (TPSA) is 50.9 Å². The Bertz CT molecular complexity index is 533. The first-order valence-electron chi connectivity index (χ1n) is 5.07. The lowest BCUT2D eigenvalue weighted by Gasteiger charge is -2.24. The fourth-order valence-corrected chi connectivity index (χ4v) is 1.80. The summed E-state index contributed by atoms with van der Waals surface area (Å²) in [7, 11) is 0. The van der Waals surface area contributed by atoms with Gasteiger partial charge in [-0.15, -0.1) is 0 Å². The summed E-state index contributed by atoms with van der Waals surface area (Å²) in [4.78, 5) is 8.18. The molecular formula is C11H14ClN3O. The number of aliphatic hydroxyl groups is 1. The molecule has 0 radical (unpaired) electrons. The molecule has 2 heterocycles. The molecule has 5 heteroatoms. The van der Waals surface area contributed by atoms with E-state index in [0.717, 1.165) is 16.6 Å². The van der Waals surface area contributed by atoms with Crippen LogP contribution in [-0.2, 0) is 5.54 Å². The molecule has 0 aliphatic carbocycles. The molecule has 0 saturated carbocycles. The normalized spacial score (nSPS) is 12.3. The third-order valence-electron chi connectivity index (χ3n) is 2.75. The number of aryl methyl sites for hydroxylation is 1. The van der Waals surface area contributed by atoms with Gasteiger partial charge < -0.3 is 9.67 Å². The summed E-state index contributed by atoms with van der Waals surface area (Å²) in [6, 6.07) is 0. The predicted molar refractivity (Wildman–Crippen MR) is 63.7 cm³/mol. The molecule has 2 aromatic rings. The molecule has 0 aliphatic rings. The molecule has 16 heavy (non-hydrogen) atoms. The smallest absolute Gasteiger partial charge is 0.224 e. The van der Waals surface area contributed by atoms with Crippen LogP contribution in [0.4, 0.5) is 0 Å². The Hall–Kier alpha value is -1.13. The molecule has 0 fully saturated rings. The van der Waals surface area contributed by atoms with Gasteiger partial charge in [0.2, 0.25) is 5.28 Å². The molecule has 86 valence electrons. The molecule has 1 N–H and O–H groups in total. The van der Waals surface area contributed by atoms with Crippen molar-refractivity contribution in [2.24, 2.45) is 0 Å². The van der Waals surface area contributed by atoms with Crippen molar-refractivity contribution < 1.29 is 5.11 Å². The van der Waals surface area contributed by atoms with Gasteiger partial charge in [0.25, 0.3) is 0 Å². The molecule has 0 bridgehead atoms. The SMILES string of the molecule is Cc1cn(C(C)(C)CO)c2nc(Cl)ncc12. The number of fused-ring (bicyclic) bond motifs is 1. The van der Waals surface area contributed by atoms with Gasteiger partial charge in [0.05, 0.1) is 12.1 Å². The Labute approximate surface area is 98.9 Å². The van der Waals surface area contributed by atoms with Crippen molar-refractivity contribution in [2.45, 2.75) is 26.3 Å². The fraction of sp³-hybridized carbons (Fsp3) is 0.455. The maximum atomic E-state index is 9.39. The zero-order valence-electron chi connectivity index (χ0n) is 9.53. The minimum Gasteiger partial charge on any atom is -0.394 e. The summed E-state index contributed by atoms with van der Waals surface area (Å²) < 4.78 is 1.94. The van der Waals surface area contributed by atoms with Crippen LogP contribution < -0.4 is 0 Å². The van der Waals surface area contributed by atoms with E-state index in [4.69, 9.17) is 11.6 Å². The van der Waals surface area contributed by atoms with Gasteiger partial charge in [-0.05, 0) is 37.9 Å². The average molecular weight is 240 g/mol. The number of nitrogens with zero attached hydrogens (tertiary/aromatic N) is 3. The highest BCUT2D eigenvalue weighted by molar-refractivity contribution is 6.28. The van der Waals surface area contributed by atoms with Gasteiger partial charge >= 0.3 is 0 Å². The molecule has 0 saturated heterocycles. The second-order valence-corrected chi connectivity index (χ2v) is 4.87. The van der Waals surface area contributed by atoms with E-state index in [0.29, 0.717) is 0 Å². The molecule has 0 unspecified atom stereocenters. The molecule has 2 rings (SSSR count). The summed E-state index contributed by atoms with van der Waals surface area (Å²) in [5, 5.41) is 10.6. The number of aromatic nitrogens is 3. The van der Waals surface area contributed by atoms with Gasteiger partial charge in [0.1, 0.15) is 5.65 Å². The van der Waals surface area contributed by atoms with Crippen molar-refractivity contribution in [3.63, 3.8) is 0 Å². The van der Waals surface area contributed by atoms with Gasteiger partial charge in [-0.1, -0.05) is 0 Å². The van der Waals surface area contributed by atoms with Crippen LogP contribution in [0.2, 0.25) is 5.28 Å². The van der Waals surface area contributed by atoms with Crippen LogP contribution in [0.1, 0.15) is 19.4 Å². The van der Waals surface area contributed by atoms with E-state index in [9.17, 15) is 5.11 Å². The maximum Gasteiger partial charge on any atom is 0.224 e.